The molecule has 0 bridgehead atoms. The van der Waals surface area contributed by atoms with Crippen molar-refractivity contribution in [2.24, 2.45) is 0 Å². The first kappa shape index (κ1) is 8.66. The second-order valence-corrected chi connectivity index (χ2v) is 2.13. The molecule has 0 saturated heterocycles. The van der Waals surface area contributed by atoms with Crippen LogP contribution in [0, 0.1) is 0 Å². The average Bonchev–Trinajstić information content (AvgIpc) is 1.80. The topological polar surface area (TPSA) is 32.3 Å². The second kappa shape index (κ2) is 5.79. The monoisotopic (exact) mass is 129 g/mol. The minimum absolute atomic E-state index is 0.241. The maximum Gasteiger partial charge on any atom is 0.0636 e. The smallest absolute Gasteiger partial charge is 0.0636 e. The number of aliphatic hydroxyl groups is 1. The first-order chi connectivity index (χ1) is 4.27. The van der Waals surface area contributed by atoms with Gasteiger partial charge in [0.15, 0.2) is 0 Å². The zero-order valence-corrected chi connectivity index (χ0v) is 5.93. The summed E-state index contributed by atoms with van der Waals surface area (Å²) in [5.41, 5.74) is 0. The molecule has 1 atom stereocenters. The van der Waals surface area contributed by atoms with Crippen molar-refractivity contribution in [3.63, 3.8) is 0 Å². The van der Waals surface area contributed by atoms with E-state index in [-0.39, 0.29) is 6.10 Å². The standard InChI is InChI=1S/C7H15NO/c1-3-4-5-8-6-7(2)9/h3,7-9H,1,4-6H2,2H3/t7-/m0/s1. The molecule has 0 spiro atoms. The van der Waals surface area contributed by atoms with Crippen LogP contribution in [-0.4, -0.2) is 24.3 Å². The van der Waals surface area contributed by atoms with Gasteiger partial charge in [-0.15, -0.1) is 6.58 Å². The van der Waals surface area contributed by atoms with E-state index in [1.54, 1.807) is 6.92 Å². The maximum atomic E-state index is 8.76. The van der Waals surface area contributed by atoms with Gasteiger partial charge in [0, 0.05) is 6.54 Å². The molecule has 0 unspecified atom stereocenters. The van der Waals surface area contributed by atoms with Crippen LogP contribution in [0.3, 0.4) is 0 Å². The van der Waals surface area contributed by atoms with E-state index >= 15 is 0 Å². The van der Waals surface area contributed by atoms with E-state index in [4.69, 9.17) is 5.11 Å². The molecule has 54 valence electrons. The minimum Gasteiger partial charge on any atom is -0.392 e. The summed E-state index contributed by atoms with van der Waals surface area (Å²) in [5, 5.41) is 11.8. The Bertz CT molecular complexity index is 71.3. The normalized spacial score (nSPS) is 13.1. The molecule has 2 heteroatoms. The number of nitrogens with one attached hydrogen (secondary N) is 1. The maximum absolute atomic E-state index is 8.76. The highest BCUT2D eigenvalue weighted by molar-refractivity contribution is 4.67. The fraction of sp³-hybridized carbons (Fsp3) is 0.714. The SMILES string of the molecule is C=CCCNC[C@H](C)O. The Kier molecular flexibility index (Phi) is 5.57. The van der Waals surface area contributed by atoms with Crippen LogP contribution in [0.2, 0.25) is 0 Å². The van der Waals surface area contributed by atoms with Crippen LogP contribution in [0.5, 0.6) is 0 Å². The van der Waals surface area contributed by atoms with Crippen LogP contribution in [0.4, 0.5) is 0 Å². The van der Waals surface area contributed by atoms with E-state index < -0.39 is 0 Å². The van der Waals surface area contributed by atoms with Gasteiger partial charge < -0.3 is 10.4 Å². The van der Waals surface area contributed by atoms with Gasteiger partial charge in [-0.1, -0.05) is 6.08 Å². The predicted molar refractivity (Wildman–Crippen MR) is 39.4 cm³/mol. The molecular formula is C7H15NO. The van der Waals surface area contributed by atoms with Crippen molar-refractivity contribution in [3.05, 3.63) is 12.7 Å². The van der Waals surface area contributed by atoms with Gasteiger partial charge >= 0.3 is 0 Å². The molecule has 0 aliphatic carbocycles. The molecule has 2 N–H and O–H groups in total. The summed E-state index contributed by atoms with van der Waals surface area (Å²) < 4.78 is 0. The molecule has 0 fully saturated rings. The first-order valence-corrected chi connectivity index (χ1v) is 3.27. The Morgan fingerprint density at radius 2 is 2.44 bits per heavy atom. The molecule has 0 aliphatic heterocycles. The summed E-state index contributed by atoms with van der Waals surface area (Å²) in [7, 11) is 0. The number of hydrogen-bond donors (Lipinski definition) is 2. The third-order valence-electron chi connectivity index (χ3n) is 0.965. The van der Waals surface area contributed by atoms with Gasteiger partial charge in [0.25, 0.3) is 0 Å². The summed E-state index contributed by atoms with van der Waals surface area (Å²) in [5.74, 6) is 0. The lowest BCUT2D eigenvalue weighted by Gasteiger charge is -2.03. The highest BCUT2D eigenvalue weighted by atomic mass is 16.3. The molecule has 0 aromatic rings. The fourth-order valence-corrected chi connectivity index (χ4v) is 0.515. The second-order valence-electron chi connectivity index (χ2n) is 2.13. The Morgan fingerprint density at radius 1 is 1.78 bits per heavy atom. The summed E-state index contributed by atoms with van der Waals surface area (Å²) in [6.45, 7) is 6.93. The van der Waals surface area contributed by atoms with Crippen molar-refractivity contribution < 1.29 is 5.11 Å². The lowest BCUT2D eigenvalue weighted by molar-refractivity contribution is 0.192. The molecule has 0 radical (unpaired) electrons. The van der Waals surface area contributed by atoms with E-state index in [9.17, 15) is 0 Å². The molecule has 0 heterocycles. The van der Waals surface area contributed by atoms with Crippen LogP contribution in [0.15, 0.2) is 12.7 Å². The summed E-state index contributed by atoms with van der Waals surface area (Å²) in [6, 6.07) is 0. The third kappa shape index (κ3) is 7.66. The van der Waals surface area contributed by atoms with Crippen molar-refractivity contribution in [2.45, 2.75) is 19.4 Å². The molecule has 0 amide bonds. The zero-order chi connectivity index (χ0) is 7.11. The molecule has 0 aliphatic rings. The largest absolute Gasteiger partial charge is 0.392 e. The Hall–Kier alpha value is -0.340. The van der Waals surface area contributed by atoms with Gasteiger partial charge in [-0.2, -0.15) is 0 Å². The predicted octanol–water partition coefficient (Wildman–Crippen LogP) is 0.533. The summed E-state index contributed by atoms with van der Waals surface area (Å²) >= 11 is 0. The van der Waals surface area contributed by atoms with Crippen molar-refractivity contribution in [2.75, 3.05) is 13.1 Å². The van der Waals surface area contributed by atoms with Gasteiger partial charge in [0.1, 0.15) is 0 Å². The fourth-order valence-electron chi connectivity index (χ4n) is 0.515. The molecule has 2 nitrogen and oxygen atoms in total. The molecule has 0 aromatic carbocycles. The number of rotatable bonds is 5. The van der Waals surface area contributed by atoms with Crippen LogP contribution in [-0.2, 0) is 0 Å². The molecule has 0 saturated carbocycles. The van der Waals surface area contributed by atoms with Crippen LogP contribution in [0.25, 0.3) is 0 Å². The van der Waals surface area contributed by atoms with Crippen LogP contribution in [0.1, 0.15) is 13.3 Å². The molecule has 0 aromatic heterocycles. The lowest BCUT2D eigenvalue weighted by atomic mass is 10.4. The van der Waals surface area contributed by atoms with E-state index in [1.165, 1.54) is 0 Å². The van der Waals surface area contributed by atoms with Crippen molar-refractivity contribution in [3.8, 4) is 0 Å². The summed E-state index contributed by atoms with van der Waals surface area (Å²) in [6.07, 6.45) is 2.58. The number of aliphatic hydroxyl groups excluding tert-OH is 1. The van der Waals surface area contributed by atoms with Crippen LogP contribution >= 0.6 is 0 Å². The highest BCUT2D eigenvalue weighted by Crippen LogP contribution is 1.77. The van der Waals surface area contributed by atoms with Gasteiger partial charge in [-0.25, -0.2) is 0 Å². The van der Waals surface area contributed by atoms with Crippen molar-refractivity contribution in [1.29, 1.82) is 0 Å². The van der Waals surface area contributed by atoms with Crippen molar-refractivity contribution in [1.82, 2.24) is 5.32 Å². The average molecular weight is 129 g/mol. The molecule has 0 rings (SSSR count). The Labute approximate surface area is 56.6 Å². The van der Waals surface area contributed by atoms with E-state index in [0.29, 0.717) is 6.54 Å². The third-order valence-corrected chi connectivity index (χ3v) is 0.965. The van der Waals surface area contributed by atoms with E-state index in [0.717, 1.165) is 13.0 Å². The summed E-state index contributed by atoms with van der Waals surface area (Å²) in [4.78, 5) is 0. The van der Waals surface area contributed by atoms with Crippen molar-refractivity contribution >= 4 is 0 Å². The van der Waals surface area contributed by atoms with Gasteiger partial charge in [-0.05, 0) is 19.9 Å². The Balaban J connectivity index is 2.82. The van der Waals surface area contributed by atoms with Gasteiger partial charge in [0.05, 0.1) is 6.10 Å². The Morgan fingerprint density at radius 3 is 2.89 bits per heavy atom. The van der Waals surface area contributed by atoms with Gasteiger partial charge in [0.2, 0.25) is 0 Å². The lowest BCUT2D eigenvalue weighted by Crippen LogP contribution is -2.24. The zero-order valence-electron chi connectivity index (χ0n) is 5.93. The quantitative estimate of drug-likeness (QED) is 0.419. The minimum atomic E-state index is -0.241. The van der Waals surface area contributed by atoms with E-state index in [1.807, 2.05) is 6.08 Å². The number of hydrogen-bond acceptors (Lipinski definition) is 2. The van der Waals surface area contributed by atoms with Crippen LogP contribution < -0.4 is 5.32 Å². The van der Waals surface area contributed by atoms with E-state index in [2.05, 4.69) is 11.9 Å². The van der Waals surface area contributed by atoms with Gasteiger partial charge in [-0.3, -0.25) is 0 Å². The molecular weight excluding hydrogens is 114 g/mol. The molecule has 9 heavy (non-hydrogen) atoms. The first-order valence-electron chi connectivity index (χ1n) is 3.27. The highest BCUT2D eigenvalue weighted by Gasteiger charge is 1.90.